The third-order valence-corrected chi connectivity index (χ3v) is 4.41. The Morgan fingerprint density at radius 1 is 1.33 bits per heavy atom. The minimum atomic E-state index is -0.342. The first-order valence-electron chi connectivity index (χ1n) is 8.07. The van der Waals surface area contributed by atoms with Gasteiger partial charge in [-0.05, 0) is 20.3 Å². The summed E-state index contributed by atoms with van der Waals surface area (Å²) in [6, 6.07) is -0.105. The highest BCUT2D eigenvalue weighted by Gasteiger charge is 2.29. The van der Waals surface area contributed by atoms with Crippen molar-refractivity contribution < 1.29 is 0 Å². The van der Waals surface area contributed by atoms with E-state index in [1.807, 2.05) is 25.3 Å². The van der Waals surface area contributed by atoms with Crippen LogP contribution in [0.2, 0.25) is 0 Å². The number of rotatable bonds is 4. The van der Waals surface area contributed by atoms with Gasteiger partial charge in [-0.15, -0.1) is 6.58 Å². The quantitative estimate of drug-likeness (QED) is 0.791. The Hall–Kier alpha value is -2.64. The molecule has 0 unspecified atom stereocenters. The molecule has 1 aliphatic rings. The van der Waals surface area contributed by atoms with Gasteiger partial charge in [-0.1, -0.05) is 13.0 Å². The standard InChI is InChI=1S/C16H22N6O2/c1-6-8-20-14(23)12-13(19(5)16(20)24)17-15-21(9-7-2)18-10(3)11(4)22(12)15/h7,11H,2,6,8-9H2,1,3-5H3/t11-/m0/s1. The molecular weight excluding hydrogens is 308 g/mol. The van der Waals surface area contributed by atoms with Crippen LogP contribution >= 0.6 is 0 Å². The number of aromatic nitrogens is 4. The lowest BCUT2D eigenvalue weighted by molar-refractivity contribution is 0.587. The topological polar surface area (TPSA) is 77.4 Å². The molecule has 128 valence electrons. The lowest BCUT2D eigenvalue weighted by atomic mass is 10.2. The highest BCUT2D eigenvalue weighted by Crippen LogP contribution is 2.29. The van der Waals surface area contributed by atoms with Crippen LogP contribution in [0.4, 0.5) is 5.95 Å². The number of anilines is 1. The fraction of sp³-hybridized carbons (Fsp3) is 0.500. The van der Waals surface area contributed by atoms with Crippen LogP contribution in [0.5, 0.6) is 0 Å². The van der Waals surface area contributed by atoms with Crippen molar-refractivity contribution in [2.24, 2.45) is 12.1 Å². The normalized spacial score (nSPS) is 17.1. The number of hydrogen-bond donors (Lipinski definition) is 0. The van der Waals surface area contributed by atoms with Crippen molar-refractivity contribution >= 4 is 22.8 Å². The first-order valence-corrected chi connectivity index (χ1v) is 8.07. The van der Waals surface area contributed by atoms with Crippen molar-refractivity contribution in [3.05, 3.63) is 33.5 Å². The highest BCUT2D eigenvalue weighted by atomic mass is 16.2. The molecule has 8 heteroatoms. The van der Waals surface area contributed by atoms with E-state index in [9.17, 15) is 9.59 Å². The van der Waals surface area contributed by atoms with Crippen LogP contribution in [0.1, 0.15) is 33.2 Å². The predicted octanol–water partition coefficient (Wildman–Crippen LogP) is 1.25. The van der Waals surface area contributed by atoms with Gasteiger partial charge in [0.2, 0.25) is 5.95 Å². The predicted molar refractivity (Wildman–Crippen MR) is 94.9 cm³/mol. The number of aryl methyl sites for hydroxylation is 1. The zero-order valence-electron chi connectivity index (χ0n) is 14.5. The van der Waals surface area contributed by atoms with Crippen LogP contribution in [0.3, 0.4) is 0 Å². The van der Waals surface area contributed by atoms with E-state index in [1.54, 1.807) is 18.1 Å². The molecule has 2 aromatic rings. The monoisotopic (exact) mass is 330 g/mol. The minimum absolute atomic E-state index is 0.105. The van der Waals surface area contributed by atoms with Crippen LogP contribution in [-0.4, -0.2) is 30.9 Å². The molecule has 24 heavy (non-hydrogen) atoms. The molecule has 0 fully saturated rings. The van der Waals surface area contributed by atoms with Gasteiger partial charge in [0.25, 0.3) is 5.56 Å². The Kier molecular flexibility index (Phi) is 3.90. The smallest absolute Gasteiger partial charge is 0.294 e. The van der Waals surface area contributed by atoms with Gasteiger partial charge in [-0.2, -0.15) is 10.1 Å². The Balaban J connectivity index is 2.43. The molecule has 1 aliphatic heterocycles. The first kappa shape index (κ1) is 16.2. The summed E-state index contributed by atoms with van der Waals surface area (Å²) < 4.78 is 4.59. The van der Waals surface area contributed by atoms with E-state index in [4.69, 9.17) is 0 Å². The first-order chi connectivity index (χ1) is 11.4. The van der Waals surface area contributed by atoms with Gasteiger partial charge in [0.05, 0.1) is 18.3 Å². The summed E-state index contributed by atoms with van der Waals surface area (Å²) in [5.41, 5.74) is 1.06. The molecule has 0 saturated carbocycles. The molecule has 0 saturated heterocycles. The highest BCUT2D eigenvalue weighted by molar-refractivity contribution is 5.91. The SMILES string of the molecule is C=CCN1N=C(C)[C@H](C)n2c1nc1c2c(=O)n(CCC)c(=O)n1C. The molecule has 3 heterocycles. The number of imidazole rings is 1. The summed E-state index contributed by atoms with van der Waals surface area (Å²) in [5, 5.41) is 6.23. The fourth-order valence-corrected chi connectivity index (χ4v) is 3.05. The van der Waals surface area contributed by atoms with Crippen molar-refractivity contribution in [2.75, 3.05) is 11.6 Å². The lowest BCUT2D eigenvalue weighted by Crippen LogP contribution is -2.40. The molecule has 0 spiro atoms. The van der Waals surface area contributed by atoms with E-state index in [0.29, 0.717) is 36.6 Å². The number of hydrogen-bond acceptors (Lipinski definition) is 5. The fourth-order valence-electron chi connectivity index (χ4n) is 3.05. The summed E-state index contributed by atoms with van der Waals surface area (Å²) in [6.07, 6.45) is 2.44. The second-order valence-corrected chi connectivity index (χ2v) is 6.04. The maximum atomic E-state index is 13.0. The average Bonchev–Trinajstić information content (AvgIpc) is 2.96. The largest absolute Gasteiger partial charge is 0.332 e. The van der Waals surface area contributed by atoms with Crippen LogP contribution < -0.4 is 16.3 Å². The third kappa shape index (κ3) is 2.13. The molecular formula is C16H22N6O2. The van der Waals surface area contributed by atoms with Crippen molar-refractivity contribution in [3.63, 3.8) is 0 Å². The maximum Gasteiger partial charge on any atom is 0.332 e. The van der Waals surface area contributed by atoms with E-state index in [-0.39, 0.29) is 17.3 Å². The molecule has 0 radical (unpaired) electrons. The molecule has 0 aliphatic carbocycles. The molecule has 3 rings (SSSR count). The summed E-state index contributed by atoms with van der Waals surface area (Å²) >= 11 is 0. The van der Waals surface area contributed by atoms with Crippen LogP contribution in [0.25, 0.3) is 11.2 Å². The second-order valence-electron chi connectivity index (χ2n) is 6.04. The van der Waals surface area contributed by atoms with Crippen LogP contribution in [0.15, 0.2) is 27.3 Å². The van der Waals surface area contributed by atoms with Gasteiger partial charge in [0.15, 0.2) is 11.2 Å². The van der Waals surface area contributed by atoms with E-state index in [0.717, 1.165) is 5.71 Å². The van der Waals surface area contributed by atoms with Gasteiger partial charge < -0.3 is 0 Å². The number of hydrazone groups is 1. The van der Waals surface area contributed by atoms with Crippen molar-refractivity contribution in [2.45, 2.75) is 39.8 Å². The Bertz CT molecular complexity index is 962. The number of fused-ring (bicyclic) bond motifs is 3. The van der Waals surface area contributed by atoms with E-state index in [2.05, 4.69) is 16.7 Å². The van der Waals surface area contributed by atoms with Gasteiger partial charge in [-0.3, -0.25) is 18.5 Å². The summed E-state index contributed by atoms with van der Waals surface area (Å²) in [4.78, 5) is 30.0. The molecule has 0 aromatic carbocycles. The molecule has 0 bridgehead atoms. The summed E-state index contributed by atoms with van der Waals surface area (Å²) in [5.74, 6) is 0.560. The Morgan fingerprint density at radius 2 is 2.04 bits per heavy atom. The van der Waals surface area contributed by atoms with Gasteiger partial charge in [-0.25, -0.2) is 9.80 Å². The lowest BCUT2D eigenvalue weighted by Gasteiger charge is -2.28. The van der Waals surface area contributed by atoms with Crippen LogP contribution in [-0.2, 0) is 13.6 Å². The third-order valence-electron chi connectivity index (χ3n) is 4.41. The van der Waals surface area contributed by atoms with Crippen molar-refractivity contribution in [1.29, 1.82) is 0 Å². The molecule has 8 nitrogen and oxygen atoms in total. The summed E-state index contributed by atoms with van der Waals surface area (Å²) in [7, 11) is 1.64. The maximum absolute atomic E-state index is 13.0. The molecule has 0 N–H and O–H groups in total. The van der Waals surface area contributed by atoms with Crippen molar-refractivity contribution in [3.8, 4) is 0 Å². The van der Waals surface area contributed by atoms with Gasteiger partial charge >= 0.3 is 5.69 Å². The van der Waals surface area contributed by atoms with E-state index >= 15 is 0 Å². The molecule has 0 amide bonds. The van der Waals surface area contributed by atoms with Gasteiger partial charge in [0.1, 0.15) is 0 Å². The molecule has 1 atom stereocenters. The van der Waals surface area contributed by atoms with Gasteiger partial charge in [0, 0.05) is 13.6 Å². The number of nitrogens with zero attached hydrogens (tertiary/aromatic N) is 6. The second kappa shape index (κ2) is 5.77. The zero-order chi connectivity index (χ0) is 17.6. The Labute approximate surface area is 139 Å². The molecule has 2 aromatic heterocycles. The Morgan fingerprint density at radius 3 is 2.67 bits per heavy atom. The zero-order valence-corrected chi connectivity index (χ0v) is 14.5. The van der Waals surface area contributed by atoms with Crippen LogP contribution in [0, 0.1) is 0 Å². The summed E-state index contributed by atoms with van der Waals surface area (Å²) in [6.45, 7) is 10.4. The van der Waals surface area contributed by atoms with Crippen molar-refractivity contribution in [1.82, 2.24) is 18.7 Å². The minimum Gasteiger partial charge on any atom is -0.294 e. The average molecular weight is 330 g/mol. The van der Waals surface area contributed by atoms with E-state index in [1.165, 1.54) is 9.13 Å². The van der Waals surface area contributed by atoms with E-state index < -0.39 is 0 Å².